The summed E-state index contributed by atoms with van der Waals surface area (Å²) in [4.78, 5) is 16.0. The number of nitrogens with zero attached hydrogens (tertiary/aromatic N) is 1. The minimum absolute atomic E-state index is 0.339. The second kappa shape index (κ2) is 10.8. The van der Waals surface area contributed by atoms with E-state index in [0.29, 0.717) is 25.3 Å². The number of carbonyl (C=O) groups is 1. The fourth-order valence-corrected chi connectivity index (χ4v) is 2.23. The Morgan fingerprint density at radius 1 is 1.04 bits per heavy atom. The monoisotopic (exact) mass is 355 g/mol. The average molecular weight is 355 g/mol. The Balaban J connectivity index is 1.82. The number of para-hydroxylation sites is 1. The van der Waals surface area contributed by atoms with E-state index >= 15 is 0 Å². The zero-order chi connectivity index (χ0) is 18.6. The number of carbonyl (C=O) groups excluding carboxylic acids is 1. The van der Waals surface area contributed by atoms with E-state index in [2.05, 4.69) is 15.6 Å². The van der Waals surface area contributed by atoms with Gasteiger partial charge in [0.15, 0.2) is 5.96 Å². The molecule has 0 bridgehead atoms. The molecule has 2 N–H and O–H groups in total. The van der Waals surface area contributed by atoms with Crippen molar-refractivity contribution in [2.24, 2.45) is 4.99 Å². The molecule has 0 unspecified atom stereocenters. The van der Waals surface area contributed by atoms with Gasteiger partial charge in [-0.2, -0.15) is 0 Å². The summed E-state index contributed by atoms with van der Waals surface area (Å²) in [5, 5.41) is 6.44. The van der Waals surface area contributed by atoms with Crippen LogP contribution < -0.4 is 15.4 Å². The lowest BCUT2D eigenvalue weighted by atomic mass is 10.1. The van der Waals surface area contributed by atoms with E-state index in [0.717, 1.165) is 23.8 Å². The summed E-state index contributed by atoms with van der Waals surface area (Å²) in [7, 11) is 1.37. The number of hydrogen-bond acceptors (Lipinski definition) is 4. The Morgan fingerprint density at radius 2 is 1.77 bits per heavy atom. The molecule has 2 rings (SSSR count). The van der Waals surface area contributed by atoms with Gasteiger partial charge < -0.3 is 20.1 Å². The highest BCUT2D eigenvalue weighted by Crippen LogP contribution is 2.08. The Kier molecular flexibility index (Phi) is 7.99. The van der Waals surface area contributed by atoms with Crippen LogP contribution in [0.4, 0.5) is 0 Å². The molecule has 0 heterocycles. The van der Waals surface area contributed by atoms with Crippen LogP contribution in [0.5, 0.6) is 5.75 Å². The molecule has 6 heteroatoms. The van der Waals surface area contributed by atoms with Gasteiger partial charge in [0.1, 0.15) is 12.4 Å². The molecular weight excluding hydrogens is 330 g/mol. The van der Waals surface area contributed by atoms with Gasteiger partial charge in [0, 0.05) is 6.54 Å². The molecule has 0 atom stereocenters. The lowest BCUT2D eigenvalue weighted by Crippen LogP contribution is -2.39. The van der Waals surface area contributed by atoms with Crippen molar-refractivity contribution in [2.45, 2.75) is 13.5 Å². The van der Waals surface area contributed by atoms with Crippen LogP contribution in [0.1, 0.15) is 22.8 Å². The summed E-state index contributed by atoms with van der Waals surface area (Å²) in [6.07, 6.45) is 0. The van der Waals surface area contributed by atoms with Gasteiger partial charge in [0.25, 0.3) is 0 Å². The first-order valence-electron chi connectivity index (χ1n) is 8.60. The van der Waals surface area contributed by atoms with Crippen molar-refractivity contribution in [3.63, 3.8) is 0 Å². The van der Waals surface area contributed by atoms with Crippen LogP contribution in [-0.4, -0.2) is 38.7 Å². The molecule has 0 spiro atoms. The number of aliphatic imine (C=N–C) groups is 1. The van der Waals surface area contributed by atoms with Crippen LogP contribution >= 0.6 is 0 Å². The zero-order valence-corrected chi connectivity index (χ0v) is 15.2. The summed E-state index contributed by atoms with van der Waals surface area (Å²) in [5.41, 5.74) is 1.54. The van der Waals surface area contributed by atoms with Crippen molar-refractivity contribution in [3.05, 3.63) is 65.7 Å². The first kappa shape index (κ1) is 19.3. The van der Waals surface area contributed by atoms with Crippen molar-refractivity contribution < 1.29 is 14.3 Å². The van der Waals surface area contributed by atoms with Crippen molar-refractivity contribution in [3.8, 4) is 5.75 Å². The SMILES string of the molecule is CCNC(=NCc1ccc(C(=O)OC)cc1)NCCOc1ccccc1. The van der Waals surface area contributed by atoms with Gasteiger partial charge in [0.2, 0.25) is 0 Å². The maximum absolute atomic E-state index is 11.4. The van der Waals surface area contributed by atoms with Gasteiger partial charge in [-0.05, 0) is 36.8 Å². The van der Waals surface area contributed by atoms with Gasteiger partial charge in [-0.1, -0.05) is 30.3 Å². The fourth-order valence-electron chi connectivity index (χ4n) is 2.23. The summed E-state index contributed by atoms with van der Waals surface area (Å²) in [6, 6.07) is 16.9. The number of hydrogen-bond donors (Lipinski definition) is 2. The number of benzene rings is 2. The summed E-state index contributed by atoms with van der Waals surface area (Å²) in [5.74, 6) is 1.23. The van der Waals surface area contributed by atoms with Crippen LogP contribution in [0, 0.1) is 0 Å². The number of methoxy groups -OCH3 is 1. The molecule has 0 fully saturated rings. The normalized spacial score (nSPS) is 10.9. The molecule has 0 amide bonds. The lowest BCUT2D eigenvalue weighted by Gasteiger charge is -2.12. The fraction of sp³-hybridized carbons (Fsp3) is 0.300. The van der Waals surface area contributed by atoms with E-state index in [1.807, 2.05) is 49.4 Å². The van der Waals surface area contributed by atoms with E-state index in [9.17, 15) is 4.79 Å². The highest BCUT2D eigenvalue weighted by Gasteiger charge is 2.04. The number of esters is 1. The van der Waals surface area contributed by atoms with Crippen molar-refractivity contribution in [1.29, 1.82) is 0 Å². The predicted octanol–water partition coefficient (Wildman–Crippen LogP) is 2.61. The third kappa shape index (κ3) is 6.47. The highest BCUT2D eigenvalue weighted by molar-refractivity contribution is 5.89. The third-order valence-electron chi connectivity index (χ3n) is 3.55. The number of rotatable bonds is 8. The van der Waals surface area contributed by atoms with Crippen LogP contribution in [0.25, 0.3) is 0 Å². The predicted molar refractivity (Wildman–Crippen MR) is 103 cm³/mol. The molecule has 2 aromatic carbocycles. The lowest BCUT2D eigenvalue weighted by molar-refractivity contribution is 0.0600. The molecule has 2 aromatic rings. The van der Waals surface area contributed by atoms with Crippen molar-refractivity contribution in [2.75, 3.05) is 26.8 Å². The second-order valence-corrected chi connectivity index (χ2v) is 5.47. The zero-order valence-electron chi connectivity index (χ0n) is 15.2. The topological polar surface area (TPSA) is 72.0 Å². The summed E-state index contributed by atoms with van der Waals surface area (Å²) in [6.45, 7) is 4.48. The highest BCUT2D eigenvalue weighted by atomic mass is 16.5. The summed E-state index contributed by atoms with van der Waals surface area (Å²) < 4.78 is 10.3. The molecule has 0 aliphatic carbocycles. The Labute approximate surface area is 154 Å². The van der Waals surface area contributed by atoms with E-state index in [4.69, 9.17) is 9.47 Å². The van der Waals surface area contributed by atoms with E-state index < -0.39 is 0 Å². The van der Waals surface area contributed by atoms with Gasteiger partial charge in [-0.15, -0.1) is 0 Å². The number of nitrogens with one attached hydrogen (secondary N) is 2. The molecule has 138 valence electrons. The molecule has 0 aliphatic heterocycles. The van der Waals surface area contributed by atoms with Gasteiger partial charge in [-0.3, -0.25) is 0 Å². The minimum Gasteiger partial charge on any atom is -0.492 e. The Hall–Kier alpha value is -3.02. The Morgan fingerprint density at radius 3 is 2.42 bits per heavy atom. The van der Waals surface area contributed by atoms with E-state index in [1.165, 1.54) is 7.11 Å². The average Bonchev–Trinajstić information content (AvgIpc) is 2.70. The van der Waals surface area contributed by atoms with Crippen LogP contribution in [0.3, 0.4) is 0 Å². The summed E-state index contributed by atoms with van der Waals surface area (Å²) >= 11 is 0. The molecule has 0 radical (unpaired) electrons. The van der Waals surface area contributed by atoms with Crippen molar-refractivity contribution in [1.82, 2.24) is 10.6 Å². The molecule has 0 aliphatic rings. The minimum atomic E-state index is -0.339. The van der Waals surface area contributed by atoms with Crippen LogP contribution in [0.2, 0.25) is 0 Å². The Bertz CT molecular complexity index is 700. The molecule has 0 saturated carbocycles. The second-order valence-electron chi connectivity index (χ2n) is 5.47. The third-order valence-corrected chi connectivity index (χ3v) is 3.55. The van der Waals surface area contributed by atoms with Gasteiger partial charge >= 0.3 is 5.97 Å². The smallest absolute Gasteiger partial charge is 0.337 e. The van der Waals surface area contributed by atoms with Crippen molar-refractivity contribution >= 4 is 11.9 Å². The molecule has 0 saturated heterocycles. The van der Waals surface area contributed by atoms with E-state index in [-0.39, 0.29) is 5.97 Å². The first-order valence-corrected chi connectivity index (χ1v) is 8.60. The van der Waals surface area contributed by atoms with Crippen LogP contribution in [0.15, 0.2) is 59.6 Å². The standard InChI is InChI=1S/C20H25N3O3/c1-3-21-20(22-13-14-26-18-7-5-4-6-8-18)23-15-16-9-11-17(12-10-16)19(24)25-2/h4-12H,3,13-15H2,1-2H3,(H2,21,22,23). The van der Waals surface area contributed by atoms with Gasteiger partial charge in [0.05, 0.1) is 25.8 Å². The maximum Gasteiger partial charge on any atom is 0.337 e. The largest absolute Gasteiger partial charge is 0.492 e. The molecule has 0 aromatic heterocycles. The van der Waals surface area contributed by atoms with Crippen LogP contribution in [-0.2, 0) is 11.3 Å². The molecular formula is C20H25N3O3. The molecule has 6 nitrogen and oxygen atoms in total. The first-order chi connectivity index (χ1) is 12.7. The quantitative estimate of drug-likeness (QED) is 0.330. The number of ether oxygens (including phenoxy) is 2. The molecule has 26 heavy (non-hydrogen) atoms. The maximum atomic E-state index is 11.4. The van der Waals surface area contributed by atoms with Gasteiger partial charge in [-0.25, -0.2) is 9.79 Å². The number of guanidine groups is 1. The van der Waals surface area contributed by atoms with E-state index in [1.54, 1.807) is 12.1 Å².